The Bertz CT molecular complexity index is 3110. The highest BCUT2D eigenvalue weighted by Gasteiger charge is 2.21. The Morgan fingerprint density at radius 2 is 0.603 bits per heavy atom. The van der Waals surface area contributed by atoms with Gasteiger partial charge in [0.1, 0.15) is 28.2 Å². The zero-order valence-corrected chi connectivity index (χ0v) is 44.8. The van der Waals surface area contributed by atoms with Crippen LogP contribution < -0.4 is 18.3 Å². The third-order valence-electron chi connectivity index (χ3n) is 13.7. The number of nitrogens with zero attached hydrogens (tertiary/aromatic N) is 4. The fourth-order valence-electron chi connectivity index (χ4n) is 9.15. The van der Waals surface area contributed by atoms with Crippen molar-refractivity contribution in [1.29, 1.82) is 0 Å². The van der Waals surface area contributed by atoms with Gasteiger partial charge in [0, 0.05) is 95.0 Å². The maximum atomic E-state index is 7.49. The van der Waals surface area contributed by atoms with Crippen LogP contribution in [0.15, 0.2) is 121 Å². The first-order valence-electron chi connectivity index (χ1n) is 25.4. The Hall–Kier alpha value is -6.52. The second-order valence-corrected chi connectivity index (χ2v) is 19.2. The molecule has 0 radical (unpaired) electrons. The van der Waals surface area contributed by atoms with Gasteiger partial charge in [-0.3, -0.25) is 0 Å². The predicted octanol–water partition coefficient (Wildman–Crippen LogP) is 13.6. The lowest BCUT2D eigenvalue weighted by Gasteiger charge is -2.11. The molecule has 0 fully saturated rings. The number of aryl methyl sites for hydroxylation is 16. The van der Waals surface area contributed by atoms with Crippen LogP contribution in [-0.4, -0.2) is 0 Å². The SMILES string of the molecule is Cc1ccc(C)c(-c2c(C)ccc(C)[n+]2C)c1.Cc1ccc(C)c(-c2c(C)ccc(C)[n+]2C)c1.Cc1cccc(C)c1-c1c(C)ccc(C)[n+]1C.[2H]C([2H])([2H])c1ccc(-c2c(C)ccc(C)[n+]2C)c(C)c1. The summed E-state index contributed by atoms with van der Waals surface area (Å²) in [5, 5.41) is 0. The molecule has 4 heteroatoms. The lowest BCUT2D eigenvalue weighted by Crippen LogP contribution is -2.35. The minimum absolute atomic E-state index is 0.395. The molecule has 0 unspecified atom stereocenters. The van der Waals surface area contributed by atoms with Gasteiger partial charge in [-0.15, -0.1) is 0 Å². The highest BCUT2D eigenvalue weighted by Crippen LogP contribution is 2.29. The summed E-state index contributed by atoms with van der Waals surface area (Å²) >= 11 is 0. The standard InChI is InChI=1S/4C16H20N/c1-11-6-9-15(13(3)10-11)16-12(2)7-8-14(4)17(16)5;2*1-11-6-7-12(2)15(10-11)16-13(3)8-9-14(4)17(16)5;1-11-7-6-8-12(2)15(11)16-13(3)9-10-14(4)17(16)5/h4*6-10H,1-5H3/q4*+1/i1D3;;;. The van der Waals surface area contributed by atoms with Crippen molar-refractivity contribution < 1.29 is 22.4 Å². The van der Waals surface area contributed by atoms with Crippen molar-refractivity contribution in [2.75, 3.05) is 0 Å². The molecule has 0 saturated carbocycles. The Labute approximate surface area is 415 Å². The fourth-order valence-corrected chi connectivity index (χ4v) is 9.15. The van der Waals surface area contributed by atoms with Gasteiger partial charge in [0.05, 0.1) is 5.56 Å². The third kappa shape index (κ3) is 11.9. The number of hydrogen-bond acceptors (Lipinski definition) is 0. The van der Waals surface area contributed by atoms with Crippen molar-refractivity contribution in [3.63, 3.8) is 0 Å². The summed E-state index contributed by atoms with van der Waals surface area (Å²) in [5.74, 6) is 0. The van der Waals surface area contributed by atoms with E-state index in [1.807, 2.05) is 20.0 Å². The zero-order valence-electron chi connectivity index (χ0n) is 47.8. The van der Waals surface area contributed by atoms with Gasteiger partial charge in [0.2, 0.25) is 22.8 Å². The van der Waals surface area contributed by atoms with Crippen LogP contribution in [-0.2, 0) is 28.2 Å². The molecule has 0 saturated heterocycles. The van der Waals surface area contributed by atoms with E-state index >= 15 is 0 Å². The lowest BCUT2D eigenvalue weighted by atomic mass is 9.96. The van der Waals surface area contributed by atoms with E-state index in [-0.39, 0.29) is 0 Å². The summed E-state index contributed by atoms with van der Waals surface area (Å²) in [4.78, 5) is 0. The first-order chi connectivity index (χ1) is 33.2. The van der Waals surface area contributed by atoms with Crippen molar-refractivity contribution in [3.05, 3.63) is 211 Å². The minimum Gasteiger partial charge on any atom is -0.198 e. The molecule has 4 aromatic heterocycles. The molecule has 0 aliphatic carbocycles. The number of pyridine rings is 4. The van der Waals surface area contributed by atoms with E-state index in [0.29, 0.717) is 5.56 Å². The average molecular weight is 908 g/mol. The molecule has 0 spiro atoms. The molecular formula is C64H80N4+4. The number of hydrogen-bond donors (Lipinski definition) is 0. The van der Waals surface area contributed by atoms with Crippen LogP contribution in [0.5, 0.6) is 0 Å². The Morgan fingerprint density at radius 3 is 0.971 bits per heavy atom. The van der Waals surface area contributed by atoms with Gasteiger partial charge in [-0.2, -0.15) is 18.3 Å². The number of benzene rings is 4. The molecule has 0 atom stereocenters. The fraction of sp³-hybridized carbons (Fsp3) is 0.312. The monoisotopic (exact) mass is 908 g/mol. The zero-order chi connectivity index (χ0) is 52.8. The second kappa shape index (κ2) is 22.5. The smallest absolute Gasteiger partial charge is 0.198 e. The van der Waals surface area contributed by atoms with Gasteiger partial charge < -0.3 is 0 Å². The van der Waals surface area contributed by atoms with Crippen molar-refractivity contribution in [3.8, 4) is 45.0 Å². The van der Waals surface area contributed by atoms with Crippen LogP contribution in [0.4, 0.5) is 0 Å². The van der Waals surface area contributed by atoms with Crippen molar-refractivity contribution in [1.82, 2.24) is 0 Å². The molecule has 0 aliphatic rings. The van der Waals surface area contributed by atoms with Gasteiger partial charge in [-0.1, -0.05) is 71.3 Å². The van der Waals surface area contributed by atoms with E-state index in [1.165, 1.54) is 112 Å². The van der Waals surface area contributed by atoms with Gasteiger partial charge in [-0.05, 0) is 153 Å². The summed E-state index contributed by atoms with van der Waals surface area (Å²) < 4.78 is 31.5. The first kappa shape index (κ1) is 48.0. The van der Waals surface area contributed by atoms with Gasteiger partial charge in [0.25, 0.3) is 0 Å². The van der Waals surface area contributed by atoms with Gasteiger partial charge in [0.15, 0.2) is 22.8 Å². The highest BCUT2D eigenvalue weighted by molar-refractivity contribution is 5.69. The van der Waals surface area contributed by atoms with E-state index in [1.54, 1.807) is 12.1 Å². The number of aromatic nitrogens is 4. The first-order valence-corrected chi connectivity index (χ1v) is 23.9. The molecule has 0 N–H and O–H groups in total. The normalized spacial score (nSPS) is 11.5. The maximum Gasteiger partial charge on any atom is 0.215 e. The van der Waals surface area contributed by atoms with Crippen LogP contribution in [0.2, 0.25) is 0 Å². The average Bonchev–Trinajstić information content (AvgIpc) is 3.30. The predicted molar refractivity (Wildman–Crippen MR) is 288 cm³/mol. The topological polar surface area (TPSA) is 15.5 Å². The Balaban J connectivity index is 0.000000176. The van der Waals surface area contributed by atoms with Crippen molar-refractivity contribution in [2.24, 2.45) is 28.2 Å². The molecule has 68 heavy (non-hydrogen) atoms. The van der Waals surface area contributed by atoms with Crippen molar-refractivity contribution in [2.45, 2.75) is 111 Å². The van der Waals surface area contributed by atoms with E-state index in [2.05, 4.69) is 239 Å². The Morgan fingerprint density at radius 1 is 0.279 bits per heavy atom. The highest BCUT2D eigenvalue weighted by atomic mass is 15.0. The number of rotatable bonds is 4. The van der Waals surface area contributed by atoms with Crippen LogP contribution in [0.25, 0.3) is 45.0 Å². The van der Waals surface area contributed by atoms with E-state index in [9.17, 15) is 0 Å². The minimum atomic E-state index is -2.05. The van der Waals surface area contributed by atoms with Crippen molar-refractivity contribution >= 4 is 0 Å². The summed E-state index contributed by atoms with van der Waals surface area (Å²) in [6.07, 6.45) is 0. The van der Waals surface area contributed by atoms with E-state index in [0.717, 1.165) is 16.8 Å². The second-order valence-electron chi connectivity index (χ2n) is 19.2. The van der Waals surface area contributed by atoms with Crippen LogP contribution in [0.3, 0.4) is 0 Å². The van der Waals surface area contributed by atoms with Gasteiger partial charge in [-0.25, -0.2) is 0 Å². The van der Waals surface area contributed by atoms with Crippen LogP contribution >= 0.6 is 0 Å². The maximum absolute atomic E-state index is 7.49. The summed E-state index contributed by atoms with van der Waals surface area (Å²) in [5.41, 5.74) is 29.8. The molecule has 8 rings (SSSR count). The molecule has 4 aromatic carbocycles. The quantitative estimate of drug-likeness (QED) is 0.156. The Kier molecular flexibility index (Phi) is 15.9. The lowest BCUT2D eigenvalue weighted by molar-refractivity contribution is -0.667. The van der Waals surface area contributed by atoms with Crippen LogP contribution in [0, 0.1) is 111 Å². The van der Waals surface area contributed by atoms with E-state index in [4.69, 9.17) is 4.11 Å². The van der Waals surface area contributed by atoms with E-state index < -0.39 is 6.85 Å². The van der Waals surface area contributed by atoms with Gasteiger partial charge >= 0.3 is 0 Å². The van der Waals surface area contributed by atoms with Crippen LogP contribution in [0.1, 0.15) is 93.6 Å². The largest absolute Gasteiger partial charge is 0.215 e. The molecular weight excluding hydrogens is 825 g/mol. The molecule has 8 aromatic rings. The summed E-state index contributed by atoms with van der Waals surface area (Å²) in [6, 6.07) is 42.5. The third-order valence-corrected chi connectivity index (χ3v) is 13.7. The summed E-state index contributed by atoms with van der Waals surface area (Å²) in [7, 11) is 8.46. The molecule has 4 heterocycles. The molecule has 0 aliphatic heterocycles. The summed E-state index contributed by atoms with van der Waals surface area (Å²) in [6.45, 7) is 30.1. The molecule has 0 amide bonds. The molecule has 352 valence electrons. The molecule has 0 bridgehead atoms. The molecule has 4 nitrogen and oxygen atoms in total.